The monoisotopic (exact) mass is 279 g/mol. The molecule has 1 rings (SSSR count). The standard InChI is InChI=1S/C12H20N2O2S.Na/c1-5-12(7-6-8(2)3)9(15)13-11(17)14(4)10(12)16;/h8H,5-7H2,1-4H3,(H,13,15,17);. The Kier molecular flexibility index (Phi) is 7.00. The summed E-state index contributed by atoms with van der Waals surface area (Å²) in [6.45, 7) is 6.05. The first-order chi connectivity index (χ1) is 7.85. The normalized spacial score (nSPS) is 24.1. The average Bonchev–Trinajstić information content (AvgIpc) is 2.27. The number of nitrogens with zero attached hydrogens (tertiary/aromatic N) is 1. The molecule has 0 aromatic rings. The molecule has 97 valence electrons. The predicted molar refractivity (Wildman–Crippen MR) is 76.1 cm³/mol. The van der Waals surface area contributed by atoms with E-state index in [0.717, 1.165) is 6.42 Å². The molecule has 1 radical (unpaired) electrons. The maximum atomic E-state index is 12.3. The van der Waals surface area contributed by atoms with Crippen LogP contribution in [0, 0.1) is 11.3 Å². The van der Waals surface area contributed by atoms with E-state index in [0.29, 0.717) is 18.8 Å². The van der Waals surface area contributed by atoms with Crippen LogP contribution >= 0.6 is 12.2 Å². The molecule has 0 spiro atoms. The zero-order chi connectivity index (χ0) is 13.2. The molecule has 1 heterocycles. The van der Waals surface area contributed by atoms with Gasteiger partial charge >= 0.3 is 0 Å². The second kappa shape index (κ2) is 6.98. The third-order valence-electron chi connectivity index (χ3n) is 3.43. The molecule has 0 aliphatic carbocycles. The second-order valence-corrected chi connectivity index (χ2v) is 5.38. The van der Waals surface area contributed by atoms with Gasteiger partial charge in [0.1, 0.15) is 5.41 Å². The van der Waals surface area contributed by atoms with Crippen molar-refractivity contribution in [3.8, 4) is 0 Å². The van der Waals surface area contributed by atoms with E-state index in [9.17, 15) is 9.59 Å². The van der Waals surface area contributed by atoms with Crippen LogP contribution in [-0.2, 0) is 9.59 Å². The molecule has 1 aliphatic rings. The van der Waals surface area contributed by atoms with Gasteiger partial charge < -0.3 is 5.32 Å². The largest absolute Gasteiger partial charge is 0.302 e. The summed E-state index contributed by atoms with van der Waals surface area (Å²) in [5.41, 5.74) is -0.929. The molecule has 1 unspecified atom stereocenters. The molecule has 1 aliphatic heterocycles. The second-order valence-electron chi connectivity index (χ2n) is 4.99. The zero-order valence-corrected chi connectivity index (χ0v) is 14.7. The molecule has 1 atom stereocenters. The van der Waals surface area contributed by atoms with Crippen LogP contribution in [0.1, 0.15) is 40.0 Å². The van der Waals surface area contributed by atoms with Crippen molar-refractivity contribution in [2.24, 2.45) is 11.3 Å². The fourth-order valence-electron chi connectivity index (χ4n) is 2.06. The number of hydrogen-bond acceptors (Lipinski definition) is 3. The van der Waals surface area contributed by atoms with E-state index in [1.54, 1.807) is 7.05 Å². The molecular weight excluding hydrogens is 259 g/mol. The van der Waals surface area contributed by atoms with Crippen molar-refractivity contribution in [2.45, 2.75) is 40.0 Å². The van der Waals surface area contributed by atoms with Crippen molar-refractivity contribution in [3.63, 3.8) is 0 Å². The number of carbonyl (C=O) groups is 2. The van der Waals surface area contributed by atoms with E-state index in [1.807, 2.05) is 6.92 Å². The van der Waals surface area contributed by atoms with Gasteiger partial charge in [-0.15, -0.1) is 0 Å². The summed E-state index contributed by atoms with van der Waals surface area (Å²) in [5.74, 6) is 0.0568. The van der Waals surface area contributed by atoms with Gasteiger partial charge in [-0.05, 0) is 37.4 Å². The van der Waals surface area contributed by atoms with Gasteiger partial charge in [0, 0.05) is 36.6 Å². The van der Waals surface area contributed by atoms with E-state index >= 15 is 0 Å². The minimum atomic E-state index is -0.929. The number of carbonyl (C=O) groups excluding carboxylic acids is 2. The molecule has 6 heteroatoms. The number of thiocarbonyl (C=S) groups is 1. The third-order valence-corrected chi connectivity index (χ3v) is 3.80. The molecule has 4 nitrogen and oxygen atoms in total. The molecule has 1 fully saturated rings. The quantitative estimate of drug-likeness (QED) is 0.479. The number of nitrogens with one attached hydrogen (secondary N) is 1. The van der Waals surface area contributed by atoms with Gasteiger partial charge in [-0.2, -0.15) is 0 Å². The first-order valence-corrected chi connectivity index (χ1v) is 6.39. The van der Waals surface area contributed by atoms with Crippen LogP contribution in [0.2, 0.25) is 0 Å². The van der Waals surface area contributed by atoms with E-state index in [-0.39, 0.29) is 46.5 Å². The van der Waals surface area contributed by atoms with Gasteiger partial charge in [0.15, 0.2) is 5.11 Å². The summed E-state index contributed by atoms with van der Waals surface area (Å²) in [6, 6.07) is 0. The summed E-state index contributed by atoms with van der Waals surface area (Å²) in [7, 11) is 1.61. The van der Waals surface area contributed by atoms with Crippen molar-refractivity contribution in [3.05, 3.63) is 0 Å². The first kappa shape index (κ1) is 18.0. The fraction of sp³-hybridized carbons (Fsp3) is 0.750. The Morgan fingerprint density at radius 2 is 1.94 bits per heavy atom. The molecule has 0 aromatic carbocycles. The summed E-state index contributed by atoms with van der Waals surface area (Å²) >= 11 is 4.94. The van der Waals surface area contributed by atoms with Crippen LogP contribution in [0.4, 0.5) is 0 Å². The summed E-state index contributed by atoms with van der Waals surface area (Å²) in [6.07, 6.45) is 1.95. The van der Waals surface area contributed by atoms with Gasteiger partial charge in [-0.25, -0.2) is 0 Å². The molecule has 0 aromatic heterocycles. The van der Waals surface area contributed by atoms with E-state index < -0.39 is 5.41 Å². The van der Waals surface area contributed by atoms with Crippen LogP contribution in [0.15, 0.2) is 0 Å². The number of amides is 2. The van der Waals surface area contributed by atoms with E-state index in [4.69, 9.17) is 12.2 Å². The Morgan fingerprint density at radius 1 is 1.39 bits per heavy atom. The fourth-order valence-corrected chi connectivity index (χ4v) is 2.23. The Balaban J connectivity index is 0.00000289. The van der Waals surface area contributed by atoms with Gasteiger partial charge in [0.25, 0.3) is 0 Å². The van der Waals surface area contributed by atoms with Crippen LogP contribution < -0.4 is 5.32 Å². The SMILES string of the molecule is CCC1(CCC(C)C)C(=O)NC(=S)N(C)C1=O.[Na]. The van der Waals surface area contributed by atoms with Crippen molar-refractivity contribution in [2.75, 3.05) is 7.05 Å². The topological polar surface area (TPSA) is 49.4 Å². The van der Waals surface area contributed by atoms with Crippen molar-refractivity contribution in [1.29, 1.82) is 0 Å². The molecule has 1 saturated heterocycles. The van der Waals surface area contributed by atoms with E-state index in [1.165, 1.54) is 4.90 Å². The summed E-state index contributed by atoms with van der Waals surface area (Å²) in [4.78, 5) is 25.7. The van der Waals surface area contributed by atoms with Crippen LogP contribution in [-0.4, -0.2) is 58.4 Å². The summed E-state index contributed by atoms with van der Waals surface area (Å²) in [5, 5.41) is 2.83. The Hall–Kier alpha value is 0.0300. The summed E-state index contributed by atoms with van der Waals surface area (Å²) < 4.78 is 0. The molecule has 0 saturated carbocycles. The maximum Gasteiger partial charge on any atom is 0.244 e. The van der Waals surface area contributed by atoms with Crippen LogP contribution in [0.25, 0.3) is 0 Å². The van der Waals surface area contributed by atoms with Crippen molar-refractivity contribution < 1.29 is 9.59 Å². The first-order valence-electron chi connectivity index (χ1n) is 5.98. The molecular formula is C12H20N2NaO2S. The Labute approximate surface area is 136 Å². The van der Waals surface area contributed by atoms with Gasteiger partial charge in [0.05, 0.1) is 0 Å². The molecule has 1 N–H and O–H groups in total. The molecule has 0 bridgehead atoms. The number of hydrogen-bond donors (Lipinski definition) is 1. The third kappa shape index (κ3) is 3.32. The predicted octanol–water partition coefficient (Wildman–Crippen LogP) is 1.31. The van der Waals surface area contributed by atoms with Gasteiger partial charge in [0.2, 0.25) is 11.8 Å². The molecule has 18 heavy (non-hydrogen) atoms. The zero-order valence-electron chi connectivity index (χ0n) is 11.9. The van der Waals surface area contributed by atoms with Crippen molar-refractivity contribution in [1.82, 2.24) is 10.2 Å². The van der Waals surface area contributed by atoms with E-state index in [2.05, 4.69) is 19.2 Å². The van der Waals surface area contributed by atoms with Crippen LogP contribution in [0.5, 0.6) is 0 Å². The van der Waals surface area contributed by atoms with Gasteiger partial charge in [-0.1, -0.05) is 20.8 Å². The Bertz CT molecular complexity index is 360. The minimum absolute atomic E-state index is 0. The maximum absolute atomic E-state index is 12.3. The van der Waals surface area contributed by atoms with Crippen LogP contribution in [0.3, 0.4) is 0 Å². The van der Waals surface area contributed by atoms with Gasteiger partial charge in [-0.3, -0.25) is 14.5 Å². The minimum Gasteiger partial charge on any atom is -0.302 e. The smallest absolute Gasteiger partial charge is 0.244 e. The number of rotatable bonds is 4. The molecule has 2 amide bonds. The Morgan fingerprint density at radius 3 is 2.39 bits per heavy atom. The van der Waals surface area contributed by atoms with Crippen molar-refractivity contribution >= 4 is 58.7 Å². The average molecular weight is 279 g/mol.